The van der Waals surface area contributed by atoms with E-state index in [9.17, 15) is 9.59 Å². The van der Waals surface area contributed by atoms with Gasteiger partial charge in [-0.1, -0.05) is 0 Å². The van der Waals surface area contributed by atoms with Crippen molar-refractivity contribution in [3.8, 4) is 0 Å². The molecule has 1 aliphatic heterocycles. The van der Waals surface area contributed by atoms with Gasteiger partial charge in [-0.3, -0.25) is 9.59 Å². The van der Waals surface area contributed by atoms with Gasteiger partial charge in [-0.05, 0) is 44.2 Å². The van der Waals surface area contributed by atoms with E-state index in [-0.39, 0.29) is 17.6 Å². The highest BCUT2D eigenvalue weighted by Gasteiger charge is 2.34. The van der Waals surface area contributed by atoms with Crippen LogP contribution < -0.4 is 5.32 Å². The van der Waals surface area contributed by atoms with E-state index in [1.807, 2.05) is 5.38 Å². The fourth-order valence-electron chi connectivity index (χ4n) is 3.09. The van der Waals surface area contributed by atoms with Crippen LogP contribution >= 0.6 is 11.3 Å². The van der Waals surface area contributed by atoms with Crippen LogP contribution in [0.25, 0.3) is 0 Å². The fraction of sp³-hybridized carbons (Fsp3) is 0.471. The van der Waals surface area contributed by atoms with Crippen LogP contribution in [0.3, 0.4) is 0 Å². The van der Waals surface area contributed by atoms with E-state index in [1.54, 1.807) is 17.0 Å². The number of rotatable bonds is 4. The molecule has 2 fully saturated rings. The largest absolute Gasteiger partial charge is 0.459 e. The Labute approximate surface area is 143 Å². The predicted octanol–water partition coefficient (Wildman–Crippen LogP) is 3.25. The quantitative estimate of drug-likeness (QED) is 0.923. The maximum Gasteiger partial charge on any atom is 0.290 e. The summed E-state index contributed by atoms with van der Waals surface area (Å²) in [6.07, 6.45) is 6.35. The van der Waals surface area contributed by atoms with Gasteiger partial charge in [-0.15, -0.1) is 11.3 Å². The summed E-state index contributed by atoms with van der Waals surface area (Å²) in [6, 6.07) is 2.85. The normalized spacial score (nSPS) is 20.8. The van der Waals surface area contributed by atoms with E-state index in [2.05, 4.69) is 10.3 Å². The monoisotopic (exact) mass is 345 g/mol. The minimum absolute atomic E-state index is 0.161. The molecular weight excluding hydrogens is 326 g/mol. The molecule has 2 aliphatic rings. The molecule has 7 heteroatoms. The van der Waals surface area contributed by atoms with Crippen LogP contribution in [-0.2, 0) is 4.79 Å². The zero-order valence-corrected chi connectivity index (χ0v) is 14.1. The van der Waals surface area contributed by atoms with Crippen LogP contribution in [0.5, 0.6) is 0 Å². The van der Waals surface area contributed by atoms with Crippen LogP contribution in [0, 0.1) is 0 Å². The summed E-state index contributed by atoms with van der Waals surface area (Å²) < 4.78 is 5.20. The van der Waals surface area contributed by atoms with Crippen LogP contribution in [0.1, 0.15) is 54.3 Å². The van der Waals surface area contributed by atoms with Gasteiger partial charge < -0.3 is 14.6 Å². The lowest BCUT2D eigenvalue weighted by Gasteiger charge is -2.33. The number of furan rings is 1. The topological polar surface area (TPSA) is 75.4 Å². The number of likely N-dealkylation sites (tertiary alicyclic amines) is 1. The van der Waals surface area contributed by atoms with Gasteiger partial charge in [0.15, 0.2) is 10.9 Å². The molecule has 1 atom stereocenters. The molecule has 1 N–H and O–H groups in total. The van der Waals surface area contributed by atoms with E-state index < -0.39 is 6.04 Å². The Balaban J connectivity index is 1.46. The molecule has 4 rings (SSSR count). The molecule has 24 heavy (non-hydrogen) atoms. The number of carbonyl (C=O) groups is 2. The molecule has 2 aromatic rings. The average Bonchev–Trinajstić information content (AvgIpc) is 3.11. The predicted molar refractivity (Wildman–Crippen MR) is 90.1 cm³/mol. The van der Waals surface area contributed by atoms with Gasteiger partial charge in [-0.25, -0.2) is 4.98 Å². The van der Waals surface area contributed by atoms with Crippen LogP contribution in [0.2, 0.25) is 0 Å². The summed E-state index contributed by atoms with van der Waals surface area (Å²) in [7, 11) is 0. The lowest BCUT2D eigenvalue weighted by molar-refractivity contribution is -0.121. The Kier molecular flexibility index (Phi) is 4.10. The smallest absolute Gasteiger partial charge is 0.290 e. The first kappa shape index (κ1) is 15.4. The van der Waals surface area contributed by atoms with Crippen molar-refractivity contribution in [1.82, 2.24) is 9.88 Å². The van der Waals surface area contributed by atoms with Crippen LogP contribution in [0.4, 0.5) is 5.13 Å². The number of hydrogen-bond acceptors (Lipinski definition) is 5. The summed E-state index contributed by atoms with van der Waals surface area (Å²) in [6.45, 7) is 0.572. The van der Waals surface area contributed by atoms with E-state index >= 15 is 0 Å². The maximum atomic E-state index is 12.7. The minimum Gasteiger partial charge on any atom is -0.459 e. The molecule has 6 nitrogen and oxygen atoms in total. The van der Waals surface area contributed by atoms with E-state index in [0.29, 0.717) is 24.0 Å². The summed E-state index contributed by atoms with van der Waals surface area (Å²) in [5.41, 5.74) is 1.07. The van der Waals surface area contributed by atoms with Crippen molar-refractivity contribution in [3.05, 3.63) is 35.2 Å². The van der Waals surface area contributed by atoms with Gasteiger partial charge >= 0.3 is 0 Å². The van der Waals surface area contributed by atoms with Gasteiger partial charge in [0.25, 0.3) is 5.91 Å². The van der Waals surface area contributed by atoms with Crippen molar-refractivity contribution in [2.45, 2.75) is 44.1 Å². The van der Waals surface area contributed by atoms with Crippen molar-refractivity contribution in [2.24, 2.45) is 0 Å². The van der Waals surface area contributed by atoms with Crippen molar-refractivity contribution < 1.29 is 14.0 Å². The summed E-state index contributed by atoms with van der Waals surface area (Å²) in [4.78, 5) is 31.4. The SMILES string of the molecule is O=C(Nc1nc(C2CC2)cs1)C1CCCCN1C(=O)c1ccco1. The number of carbonyl (C=O) groups excluding carboxylic acids is 2. The third-order valence-corrected chi connectivity index (χ3v) is 5.32. The lowest BCUT2D eigenvalue weighted by Crippen LogP contribution is -2.49. The molecule has 0 bridgehead atoms. The molecule has 126 valence electrons. The number of hydrogen-bond donors (Lipinski definition) is 1. The fourth-order valence-corrected chi connectivity index (χ4v) is 3.88. The Morgan fingerprint density at radius 3 is 2.92 bits per heavy atom. The molecule has 0 aromatic carbocycles. The molecule has 1 aliphatic carbocycles. The lowest BCUT2D eigenvalue weighted by atomic mass is 10.0. The van der Waals surface area contributed by atoms with Crippen LogP contribution in [-0.4, -0.2) is 34.3 Å². The Hall–Kier alpha value is -2.15. The van der Waals surface area contributed by atoms with Gasteiger partial charge in [0.1, 0.15) is 6.04 Å². The molecule has 1 unspecified atom stereocenters. The zero-order valence-electron chi connectivity index (χ0n) is 13.2. The van der Waals surface area contributed by atoms with Gasteiger partial charge in [-0.2, -0.15) is 0 Å². The number of thiazole rings is 1. The molecule has 3 heterocycles. The standard InChI is InChI=1S/C17H19N3O3S/c21-15(19-17-18-12(10-24-17)11-6-7-11)13-4-1-2-8-20(13)16(22)14-5-3-9-23-14/h3,5,9-11,13H,1-2,4,6-8H2,(H,18,19,21). The third kappa shape index (κ3) is 3.08. The van der Waals surface area contributed by atoms with Gasteiger partial charge in [0.05, 0.1) is 12.0 Å². The second-order valence-corrected chi connectivity index (χ2v) is 7.19. The summed E-state index contributed by atoms with van der Waals surface area (Å²) >= 11 is 1.45. The van der Waals surface area contributed by atoms with E-state index in [4.69, 9.17) is 4.42 Å². The molecule has 1 saturated carbocycles. The van der Waals surface area contributed by atoms with Gasteiger partial charge in [0, 0.05) is 17.8 Å². The highest BCUT2D eigenvalue weighted by Crippen LogP contribution is 2.40. The summed E-state index contributed by atoms with van der Waals surface area (Å²) in [5.74, 6) is 0.461. The van der Waals surface area contributed by atoms with Crippen molar-refractivity contribution in [2.75, 3.05) is 11.9 Å². The van der Waals surface area contributed by atoms with Crippen LogP contribution in [0.15, 0.2) is 28.2 Å². The van der Waals surface area contributed by atoms with Crippen molar-refractivity contribution >= 4 is 28.3 Å². The zero-order chi connectivity index (χ0) is 16.5. The Morgan fingerprint density at radius 1 is 1.29 bits per heavy atom. The Morgan fingerprint density at radius 2 is 2.17 bits per heavy atom. The second kappa shape index (κ2) is 6.39. The molecular formula is C17H19N3O3S. The summed E-state index contributed by atoms with van der Waals surface area (Å²) in [5, 5.41) is 5.53. The number of amides is 2. The first-order chi connectivity index (χ1) is 11.7. The van der Waals surface area contributed by atoms with E-state index in [0.717, 1.165) is 18.5 Å². The highest BCUT2D eigenvalue weighted by atomic mass is 32.1. The molecule has 1 saturated heterocycles. The first-order valence-electron chi connectivity index (χ1n) is 8.33. The number of aromatic nitrogens is 1. The number of nitrogens with one attached hydrogen (secondary N) is 1. The number of anilines is 1. The Bertz CT molecular complexity index is 736. The molecule has 0 spiro atoms. The van der Waals surface area contributed by atoms with Crippen molar-refractivity contribution in [1.29, 1.82) is 0 Å². The molecule has 2 aromatic heterocycles. The molecule has 2 amide bonds. The average molecular weight is 345 g/mol. The number of nitrogens with zero attached hydrogens (tertiary/aromatic N) is 2. The van der Waals surface area contributed by atoms with E-state index in [1.165, 1.54) is 30.4 Å². The molecule has 0 radical (unpaired) electrons. The van der Waals surface area contributed by atoms with Gasteiger partial charge in [0.2, 0.25) is 5.91 Å². The third-order valence-electron chi connectivity index (χ3n) is 4.55. The first-order valence-corrected chi connectivity index (χ1v) is 9.21. The second-order valence-electron chi connectivity index (χ2n) is 6.33. The maximum absolute atomic E-state index is 12.7. The highest BCUT2D eigenvalue weighted by molar-refractivity contribution is 7.13. The number of piperidine rings is 1. The van der Waals surface area contributed by atoms with Crippen molar-refractivity contribution in [3.63, 3.8) is 0 Å². The minimum atomic E-state index is -0.468.